The van der Waals surface area contributed by atoms with E-state index in [0.717, 1.165) is 25.9 Å². The first-order valence-electron chi connectivity index (χ1n) is 6.47. The number of nitrogens with one attached hydrogen (secondary N) is 1. The Labute approximate surface area is 107 Å². The van der Waals surface area contributed by atoms with E-state index in [9.17, 15) is 9.59 Å². The van der Waals surface area contributed by atoms with Gasteiger partial charge in [-0.1, -0.05) is 0 Å². The topological polar surface area (TPSA) is 58.6 Å². The van der Waals surface area contributed by atoms with Crippen LogP contribution in [0, 0.1) is 0 Å². The lowest BCUT2D eigenvalue weighted by Gasteiger charge is -2.24. The molecule has 0 saturated carbocycles. The molecule has 0 atom stereocenters. The van der Waals surface area contributed by atoms with Crippen LogP contribution in [-0.4, -0.2) is 49.1 Å². The van der Waals surface area contributed by atoms with Gasteiger partial charge in [0, 0.05) is 11.1 Å². The summed E-state index contributed by atoms with van der Waals surface area (Å²) in [6.45, 7) is 6.14. The van der Waals surface area contributed by atoms with Crippen LogP contribution < -0.4 is 5.32 Å². The highest BCUT2D eigenvalue weighted by Crippen LogP contribution is 2.19. The minimum atomic E-state index is -0.175. The summed E-state index contributed by atoms with van der Waals surface area (Å²) in [5.41, 5.74) is 1.11. The number of rotatable bonds is 4. The van der Waals surface area contributed by atoms with Gasteiger partial charge in [0.25, 0.3) is 11.8 Å². The van der Waals surface area contributed by atoms with Crippen LogP contribution in [0.3, 0.4) is 0 Å². The van der Waals surface area contributed by atoms with Gasteiger partial charge < -0.3 is 10.1 Å². The van der Waals surface area contributed by atoms with Gasteiger partial charge in [0.15, 0.2) is 0 Å². The molecule has 0 spiro atoms. The number of hydrogen-bond donors (Lipinski definition) is 1. The average molecular weight is 252 g/mol. The number of carbonyl (C=O) groups is 2. The molecule has 1 N–H and O–H groups in total. The Morgan fingerprint density at radius 2 is 1.72 bits per heavy atom. The minimum absolute atomic E-state index is 0.175. The first-order chi connectivity index (χ1) is 8.61. The minimum Gasteiger partial charge on any atom is -0.376 e. The largest absolute Gasteiger partial charge is 0.376 e. The molecule has 1 saturated heterocycles. The van der Waals surface area contributed by atoms with Gasteiger partial charge in [0.05, 0.1) is 19.3 Å². The predicted octanol–water partition coefficient (Wildman–Crippen LogP) is 0.460. The van der Waals surface area contributed by atoms with Crippen LogP contribution in [0.2, 0.25) is 0 Å². The van der Waals surface area contributed by atoms with Gasteiger partial charge in [-0.3, -0.25) is 14.5 Å². The lowest BCUT2D eigenvalue weighted by molar-refractivity contribution is -0.138. The molecule has 0 unspecified atom stereocenters. The van der Waals surface area contributed by atoms with Crippen molar-refractivity contribution in [2.24, 2.45) is 0 Å². The van der Waals surface area contributed by atoms with E-state index in [4.69, 9.17) is 4.74 Å². The second-order valence-electron chi connectivity index (χ2n) is 4.83. The summed E-state index contributed by atoms with van der Waals surface area (Å²) in [6.07, 6.45) is 2.25. The summed E-state index contributed by atoms with van der Waals surface area (Å²) >= 11 is 0. The SMILES string of the molecule is CC1=C(C)C(=O)N(CCOC2CCNCC2)C1=O. The summed E-state index contributed by atoms with van der Waals surface area (Å²) in [5, 5.41) is 3.27. The molecule has 0 bridgehead atoms. The molecule has 0 radical (unpaired) electrons. The predicted molar refractivity (Wildman–Crippen MR) is 66.9 cm³/mol. The van der Waals surface area contributed by atoms with E-state index in [0.29, 0.717) is 24.3 Å². The second-order valence-corrected chi connectivity index (χ2v) is 4.83. The van der Waals surface area contributed by atoms with E-state index < -0.39 is 0 Å². The van der Waals surface area contributed by atoms with Crippen LogP contribution in [0.25, 0.3) is 0 Å². The van der Waals surface area contributed by atoms with Gasteiger partial charge in [0.2, 0.25) is 0 Å². The Balaban J connectivity index is 1.78. The van der Waals surface area contributed by atoms with E-state index in [-0.39, 0.29) is 17.9 Å². The maximum Gasteiger partial charge on any atom is 0.256 e. The molecule has 5 nitrogen and oxygen atoms in total. The van der Waals surface area contributed by atoms with Gasteiger partial charge in [-0.15, -0.1) is 0 Å². The van der Waals surface area contributed by atoms with Crippen molar-refractivity contribution in [1.29, 1.82) is 0 Å². The third-order valence-electron chi connectivity index (χ3n) is 3.65. The summed E-state index contributed by atoms with van der Waals surface area (Å²) in [7, 11) is 0. The van der Waals surface area contributed by atoms with Crippen molar-refractivity contribution >= 4 is 11.8 Å². The van der Waals surface area contributed by atoms with Crippen LogP contribution >= 0.6 is 0 Å². The standard InChI is InChI=1S/C13H20N2O3/c1-9-10(2)13(17)15(12(9)16)7-8-18-11-3-5-14-6-4-11/h11,14H,3-8H2,1-2H3. The molecule has 100 valence electrons. The quantitative estimate of drug-likeness (QED) is 0.739. The number of ether oxygens (including phenoxy) is 1. The lowest BCUT2D eigenvalue weighted by Crippen LogP contribution is -2.37. The Morgan fingerprint density at radius 3 is 2.28 bits per heavy atom. The third-order valence-corrected chi connectivity index (χ3v) is 3.65. The molecule has 0 aromatic rings. The van der Waals surface area contributed by atoms with Gasteiger partial charge in [-0.05, 0) is 39.8 Å². The molecular formula is C13H20N2O3. The monoisotopic (exact) mass is 252 g/mol. The maximum atomic E-state index is 11.8. The molecule has 0 aromatic carbocycles. The first-order valence-corrected chi connectivity index (χ1v) is 6.47. The maximum absolute atomic E-state index is 11.8. The zero-order chi connectivity index (χ0) is 13.1. The van der Waals surface area contributed by atoms with Crippen LogP contribution in [-0.2, 0) is 14.3 Å². The zero-order valence-electron chi connectivity index (χ0n) is 11.0. The molecule has 2 heterocycles. The number of piperidine rings is 1. The van der Waals surface area contributed by atoms with E-state index in [1.54, 1.807) is 13.8 Å². The summed E-state index contributed by atoms with van der Waals surface area (Å²) in [5.74, 6) is -0.349. The highest BCUT2D eigenvalue weighted by Gasteiger charge is 2.32. The van der Waals surface area contributed by atoms with Crippen LogP contribution in [0.4, 0.5) is 0 Å². The highest BCUT2D eigenvalue weighted by atomic mass is 16.5. The number of imide groups is 1. The van der Waals surface area contributed by atoms with Crippen molar-refractivity contribution in [3.8, 4) is 0 Å². The Hall–Kier alpha value is -1.20. The fourth-order valence-electron chi connectivity index (χ4n) is 2.29. The summed E-state index contributed by atoms with van der Waals surface area (Å²) < 4.78 is 5.71. The van der Waals surface area contributed by atoms with Gasteiger partial charge in [-0.25, -0.2) is 0 Å². The average Bonchev–Trinajstić information content (AvgIpc) is 2.57. The molecule has 2 aliphatic rings. The van der Waals surface area contributed by atoms with E-state index in [1.165, 1.54) is 4.90 Å². The van der Waals surface area contributed by atoms with Crippen LogP contribution in [0.15, 0.2) is 11.1 Å². The Kier molecular flexibility index (Phi) is 4.14. The number of carbonyl (C=O) groups excluding carboxylic acids is 2. The highest BCUT2D eigenvalue weighted by molar-refractivity contribution is 6.18. The van der Waals surface area contributed by atoms with E-state index in [2.05, 4.69) is 5.32 Å². The van der Waals surface area contributed by atoms with Crippen molar-refractivity contribution in [3.63, 3.8) is 0 Å². The molecule has 2 amide bonds. The number of amides is 2. The fraction of sp³-hybridized carbons (Fsp3) is 0.692. The van der Waals surface area contributed by atoms with Gasteiger partial charge in [-0.2, -0.15) is 0 Å². The van der Waals surface area contributed by atoms with Crippen molar-refractivity contribution in [2.75, 3.05) is 26.2 Å². The number of hydrogen-bond acceptors (Lipinski definition) is 4. The second kappa shape index (κ2) is 5.63. The zero-order valence-corrected chi connectivity index (χ0v) is 11.0. The summed E-state index contributed by atoms with van der Waals surface area (Å²) in [6, 6.07) is 0. The third kappa shape index (κ3) is 2.62. The summed E-state index contributed by atoms with van der Waals surface area (Å²) in [4.78, 5) is 24.9. The van der Waals surface area contributed by atoms with Gasteiger partial charge in [0.1, 0.15) is 0 Å². The van der Waals surface area contributed by atoms with Crippen molar-refractivity contribution in [2.45, 2.75) is 32.8 Å². The first kappa shape index (κ1) is 13.2. The molecule has 18 heavy (non-hydrogen) atoms. The molecular weight excluding hydrogens is 232 g/mol. The Morgan fingerprint density at radius 1 is 1.17 bits per heavy atom. The molecule has 2 rings (SSSR count). The van der Waals surface area contributed by atoms with E-state index >= 15 is 0 Å². The lowest BCUT2D eigenvalue weighted by atomic mass is 10.1. The van der Waals surface area contributed by atoms with Crippen molar-refractivity contribution in [3.05, 3.63) is 11.1 Å². The fourth-order valence-corrected chi connectivity index (χ4v) is 2.29. The van der Waals surface area contributed by atoms with E-state index in [1.807, 2.05) is 0 Å². The Bertz CT molecular complexity index is 360. The number of nitrogens with zero attached hydrogens (tertiary/aromatic N) is 1. The molecule has 1 fully saturated rings. The van der Waals surface area contributed by atoms with Crippen LogP contribution in [0.1, 0.15) is 26.7 Å². The van der Waals surface area contributed by atoms with Crippen molar-refractivity contribution < 1.29 is 14.3 Å². The van der Waals surface area contributed by atoms with Gasteiger partial charge >= 0.3 is 0 Å². The van der Waals surface area contributed by atoms with Crippen LogP contribution in [0.5, 0.6) is 0 Å². The molecule has 0 aliphatic carbocycles. The molecule has 0 aromatic heterocycles. The van der Waals surface area contributed by atoms with Crippen molar-refractivity contribution in [1.82, 2.24) is 10.2 Å². The smallest absolute Gasteiger partial charge is 0.256 e. The normalized spacial score (nSPS) is 22.2. The molecule has 2 aliphatic heterocycles. The molecule has 5 heteroatoms.